The van der Waals surface area contributed by atoms with Crippen molar-refractivity contribution in [3.8, 4) is 5.75 Å². The van der Waals surface area contributed by atoms with Gasteiger partial charge in [-0.1, -0.05) is 87.7 Å². The third-order valence-electron chi connectivity index (χ3n) is 14.1. The van der Waals surface area contributed by atoms with Gasteiger partial charge in [0.1, 0.15) is 23.8 Å². The Morgan fingerprint density at radius 3 is 2.16 bits per heavy atom. The number of carbonyl (C=O) groups is 2. The van der Waals surface area contributed by atoms with E-state index in [0.29, 0.717) is 30.7 Å². The van der Waals surface area contributed by atoms with Gasteiger partial charge >= 0.3 is 21.2 Å². The molecule has 0 spiro atoms. The van der Waals surface area contributed by atoms with Crippen molar-refractivity contribution >= 4 is 71.6 Å². The molecule has 4 aromatic carbocycles. The van der Waals surface area contributed by atoms with Crippen LogP contribution in [0.4, 0.5) is 17.1 Å². The van der Waals surface area contributed by atoms with Gasteiger partial charge < -0.3 is 20.7 Å². The number of Topliss-reactive ketones (excluding diaryl/α,β-unsaturated/α-hetero) is 1. The molecule has 2 aliphatic heterocycles. The summed E-state index contributed by atoms with van der Waals surface area (Å²) < 4.78 is 93.5. The molecule has 79 heavy (non-hydrogen) atoms. The van der Waals surface area contributed by atoms with Crippen molar-refractivity contribution < 1.29 is 57.1 Å². The van der Waals surface area contributed by atoms with Gasteiger partial charge in [-0.25, -0.2) is 0 Å². The molecule has 0 saturated heterocycles. The number of amidine groups is 1. The van der Waals surface area contributed by atoms with Crippen molar-refractivity contribution in [1.82, 2.24) is 0 Å². The largest absolute Gasteiger partial charge is 0.457 e. The Morgan fingerprint density at radius 1 is 0.797 bits per heavy atom. The second kappa shape index (κ2) is 28.7. The minimum atomic E-state index is -4.38. The number of hydrogen-bond donors (Lipinski definition) is 4. The van der Waals surface area contributed by atoms with Crippen LogP contribution in [0.15, 0.2) is 143 Å². The second-order valence-electron chi connectivity index (χ2n) is 20.7. The van der Waals surface area contributed by atoms with Gasteiger partial charge in [-0.2, -0.15) is 13.0 Å². The van der Waals surface area contributed by atoms with Crippen molar-refractivity contribution in [3.05, 3.63) is 160 Å². The van der Waals surface area contributed by atoms with Gasteiger partial charge in [-0.15, -0.1) is 25.3 Å². The fraction of sp³-hybridized carbons (Fsp3) is 0.390. The monoisotopic (exact) mass is 1140 g/mol. The summed E-state index contributed by atoms with van der Waals surface area (Å²) in [6, 6.07) is 28.8. The molecule has 0 saturated carbocycles. The first kappa shape index (κ1) is 62.7. The summed E-state index contributed by atoms with van der Waals surface area (Å²) in [5.74, 6) is 1.22. The fourth-order valence-electron chi connectivity index (χ4n) is 10.2. The molecule has 17 nitrogen and oxygen atoms in total. The van der Waals surface area contributed by atoms with E-state index >= 15 is 0 Å². The Hall–Kier alpha value is -7.13. The molecule has 0 unspecified atom stereocenters. The number of para-hydroxylation sites is 1. The number of unbranched alkanes of at least 4 members (excludes halogenated alkanes) is 3. The molecule has 7 rings (SSSR count). The van der Waals surface area contributed by atoms with Crippen LogP contribution < -0.4 is 20.7 Å². The lowest BCUT2D eigenvalue weighted by molar-refractivity contribution is -0.438. The molecular formula is C59H72N5O12S3+. The first-order valence-electron chi connectivity index (χ1n) is 26.3. The number of ketones is 1. The average molecular weight is 1140 g/mol. The van der Waals surface area contributed by atoms with E-state index in [9.17, 15) is 22.6 Å². The third-order valence-corrected chi connectivity index (χ3v) is 15.0. The number of amides is 1. The summed E-state index contributed by atoms with van der Waals surface area (Å²) >= 11 is 0. The van der Waals surface area contributed by atoms with E-state index < -0.39 is 31.3 Å². The lowest BCUT2D eigenvalue weighted by Gasteiger charge is -2.27. The van der Waals surface area contributed by atoms with Crippen LogP contribution >= 0.6 is 0 Å². The Kier molecular flexibility index (Phi) is 22.8. The second-order valence-corrected chi connectivity index (χ2v) is 22.9. The highest BCUT2D eigenvalue weighted by atomic mass is 32.2. The van der Waals surface area contributed by atoms with Crippen LogP contribution in [0.3, 0.4) is 0 Å². The van der Waals surface area contributed by atoms with Gasteiger partial charge in [0.25, 0.3) is 10.1 Å². The van der Waals surface area contributed by atoms with E-state index in [4.69, 9.17) is 41.1 Å². The van der Waals surface area contributed by atoms with Crippen LogP contribution in [0.1, 0.15) is 134 Å². The molecule has 0 aromatic heterocycles. The molecule has 3 aliphatic rings. The number of carbonyl (C=O) groups excluding carboxylic acids is 2. The van der Waals surface area contributed by atoms with Crippen LogP contribution in [0.5, 0.6) is 5.75 Å². The normalized spacial score (nSPS) is 16.2. The zero-order chi connectivity index (χ0) is 58.1. The van der Waals surface area contributed by atoms with E-state index in [0.717, 1.165) is 86.9 Å². The molecule has 422 valence electrons. The molecule has 2 heterocycles. The van der Waals surface area contributed by atoms with Gasteiger partial charge in [0.15, 0.2) is 5.71 Å². The average Bonchev–Trinajstić information content (AvgIpc) is 4.01. The Balaban J connectivity index is 0.00000134. The molecule has 4 aromatic rings. The summed E-state index contributed by atoms with van der Waals surface area (Å²) in [6.45, 7) is 15.2. The van der Waals surface area contributed by atoms with E-state index in [1.807, 2.05) is 24.3 Å². The number of nitrogens with two attached hydrogens (primary N) is 1. The number of nitrogens with zero attached hydrogens (tertiary/aromatic N) is 2. The Bertz CT molecular complexity index is 3380. The van der Waals surface area contributed by atoms with Crippen LogP contribution in [0.25, 0.3) is 0 Å². The summed E-state index contributed by atoms with van der Waals surface area (Å²) in [7, 11) is -10.6. The van der Waals surface area contributed by atoms with Gasteiger partial charge in [0, 0.05) is 78.8 Å². The number of allylic oxidation sites excluding steroid dienone is 7. The molecule has 1 amide bonds. The van der Waals surface area contributed by atoms with Crippen LogP contribution in [0.2, 0.25) is 0 Å². The lowest BCUT2D eigenvalue weighted by atomic mass is 9.81. The van der Waals surface area contributed by atoms with E-state index in [2.05, 4.69) is 123 Å². The molecule has 0 bridgehead atoms. The molecule has 5 N–H and O–H groups in total. The van der Waals surface area contributed by atoms with Crippen molar-refractivity contribution in [1.29, 1.82) is 5.41 Å². The highest BCUT2D eigenvalue weighted by Crippen LogP contribution is 2.49. The number of nitrogens with one attached hydrogen (secondary N) is 2. The van der Waals surface area contributed by atoms with Crippen molar-refractivity contribution in [2.45, 2.75) is 141 Å². The van der Waals surface area contributed by atoms with E-state index in [1.54, 1.807) is 12.1 Å². The highest BCUT2D eigenvalue weighted by molar-refractivity contribution is 7.85. The molecular weight excluding hydrogens is 1070 g/mol. The third kappa shape index (κ3) is 17.9. The highest BCUT2D eigenvalue weighted by Gasteiger charge is 2.44. The zero-order valence-electron chi connectivity index (χ0n) is 45.7. The number of anilines is 2. The summed E-state index contributed by atoms with van der Waals surface area (Å²) in [4.78, 5) is 27.9. The summed E-state index contributed by atoms with van der Waals surface area (Å²) in [5.41, 5.74) is 17.4. The van der Waals surface area contributed by atoms with Crippen molar-refractivity contribution in [2.75, 3.05) is 23.3 Å². The maximum absolute atomic E-state index is 13.0. The lowest BCUT2D eigenvalue weighted by Crippen LogP contribution is -2.28. The van der Waals surface area contributed by atoms with Gasteiger partial charge in [0.2, 0.25) is 11.6 Å². The minimum Gasteiger partial charge on any atom is -0.457 e. The molecule has 0 atom stereocenters. The maximum Gasteiger partial charge on any atom is 0.425 e. The molecule has 0 fully saturated rings. The van der Waals surface area contributed by atoms with E-state index in [-0.39, 0.29) is 46.1 Å². The molecule has 1 aliphatic carbocycles. The number of fused-ring (bicyclic) bond motifs is 2. The van der Waals surface area contributed by atoms with Gasteiger partial charge in [-0.3, -0.25) is 19.6 Å². The predicted molar refractivity (Wildman–Crippen MR) is 306 cm³/mol. The summed E-state index contributed by atoms with van der Waals surface area (Å²) in [6.07, 6.45) is 17.9. The SMILES string of the molecule is CCCC[N+]1=C(/C=C/C2=C(Oc3ccc(S(=O)(=O)O)cc3)C(=C/C=C3/N(CCCCCC(=O)CCC(=O)Nc4cccc(CCC(=N)N)c4)c4ccc(C)cc4C3(C)C)/CCC2)C(C)(C)c2ccccc21.O=S(=O)=O.O=S(=O)=O. The topological polar surface area (TPSA) is 268 Å². The molecule has 20 heteroatoms. The standard InChI is InChI=1S/C59H71N5O6S.2O3S/c1-7-8-37-63-51-22-12-11-21-49(51)58(3,4)53(63)33-25-43-17-15-18-44(57(43)70-47-28-30-48(31-29-47)71(67,68)69)26-34-54-59(5,6)50-39-41(2)23-32-52(50)64(54)38-13-9-10-20-46(65)27-36-56(66)62-45-19-14-16-42(40-45)24-35-55(60)61;2*1-4(2)3/h11-12,14,16,19,21-23,25-26,28-34,39-40H,7-10,13,15,17-18,20,24,27,35-38H2,1-6H3,(H4-,60,61,62,66,67,68,69);;/p+1. The van der Waals surface area contributed by atoms with Crippen LogP contribution in [-0.2, 0) is 58.2 Å². The fourth-order valence-corrected chi connectivity index (χ4v) is 10.7. The summed E-state index contributed by atoms with van der Waals surface area (Å²) in [5, 5.41) is 10.4. The van der Waals surface area contributed by atoms with E-state index in [1.165, 1.54) is 51.6 Å². The molecule has 0 radical (unpaired) electrons. The number of rotatable bonds is 22. The smallest absolute Gasteiger partial charge is 0.425 e. The first-order chi connectivity index (χ1) is 37.3. The Morgan fingerprint density at radius 2 is 1.49 bits per heavy atom. The quantitative estimate of drug-likeness (QED) is 0.0187. The van der Waals surface area contributed by atoms with Gasteiger partial charge in [0.05, 0.1) is 16.1 Å². The number of hydrogen-bond acceptors (Lipinski definition) is 13. The predicted octanol–water partition coefficient (Wildman–Crippen LogP) is 10.5. The van der Waals surface area contributed by atoms with Gasteiger partial charge in [-0.05, 0) is 136 Å². The number of benzene rings is 4. The number of aryl methyl sites for hydroxylation is 2. The Labute approximate surface area is 467 Å². The maximum atomic E-state index is 13.0. The van der Waals surface area contributed by atoms with Crippen molar-refractivity contribution in [2.24, 2.45) is 5.73 Å². The van der Waals surface area contributed by atoms with Crippen molar-refractivity contribution in [3.63, 3.8) is 0 Å². The number of ether oxygens (including phenoxy) is 1. The minimum absolute atomic E-state index is 0.0808. The van der Waals surface area contributed by atoms with Crippen LogP contribution in [0, 0.1) is 12.3 Å². The zero-order valence-corrected chi connectivity index (χ0v) is 48.2. The van der Waals surface area contributed by atoms with Crippen LogP contribution in [-0.4, -0.2) is 79.1 Å². The first-order valence-corrected chi connectivity index (χ1v) is 29.8.